The van der Waals surface area contributed by atoms with Gasteiger partial charge in [-0.1, -0.05) is 23.7 Å². The van der Waals surface area contributed by atoms with Crippen molar-refractivity contribution in [3.05, 3.63) is 59.1 Å². The lowest BCUT2D eigenvalue weighted by molar-refractivity contribution is 0.340. The van der Waals surface area contributed by atoms with Crippen LogP contribution in [0.2, 0.25) is 5.02 Å². The van der Waals surface area contributed by atoms with E-state index in [-0.39, 0.29) is 4.90 Å². The molecular weight excluding hydrogens is 324 g/mol. The third-order valence-electron chi connectivity index (χ3n) is 2.72. The topological polar surface area (TPSA) is 67.8 Å². The van der Waals surface area contributed by atoms with Gasteiger partial charge in [0.25, 0.3) is 10.0 Å². The molecule has 0 aliphatic rings. The van der Waals surface area contributed by atoms with E-state index in [1.165, 1.54) is 30.5 Å². The molecule has 0 amide bonds. The molecule has 0 aliphatic heterocycles. The van der Waals surface area contributed by atoms with Gasteiger partial charge in [0.05, 0.1) is 17.7 Å². The fraction of sp³-hybridized carbons (Fsp3) is 0.133. The highest BCUT2D eigenvalue weighted by atomic mass is 35.5. The summed E-state index contributed by atoms with van der Waals surface area (Å²) in [7, 11) is -3.72. The molecule has 0 fully saturated rings. The quantitative estimate of drug-likeness (QED) is 0.650. The van der Waals surface area contributed by atoms with Gasteiger partial charge in [0.1, 0.15) is 5.75 Å². The molecule has 2 aromatic carbocycles. The Labute approximate surface area is 134 Å². The lowest BCUT2D eigenvalue weighted by atomic mass is 10.2. The van der Waals surface area contributed by atoms with E-state index in [4.69, 9.17) is 16.3 Å². The van der Waals surface area contributed by atoms with Gasteiger partial charge in [0, 0.05) is 10.6 Å². The van der Waals surface area contributed by atoms with Gasteiger partial charge < -0.3 is 4.74 Å². The summed E-state index contributed by atoms with van der Waals surface area (Å²) in [6.07, 6.45) is 1.40. The van der Waals surface area contributed by atoms with E-state index >= 15 is 0 Å². The Balaban J connectivity index is 2.13. The third-order valence-corrected chi connectivity index (χ3v) is 4.21. The minimum absolute atomic E-state index is 0.0899. The van der Waals surface area contributed by atoms with Gasteiger partial charge in [-0.2, -0.15) is 13.5 Å². The number of nitrogens with zero attached hydrogens (tertiary/aromatic N) is 1. The first-order chi connectivity index (χ1) is 10.5. The molecule has 0 aromatic heterocycles. The number of rotatable bonds is 6. The number of halogens is 1. The monoisotopic (exact) mass is 338 g/mol. The highest BCUT2D eigenvalue weighted by molar-refractivity contribution is 7.89. The molecule has 2 aromatic rings. The molecule has 22 heavy (non-hydrogen) atoms. The SMILES string of the molecule is CCOc1ccccc1/C=N\NS(=O)(=O)c1ccc(Cl)cc1. The number of hydrogen-bond acceptors (Lipinski definition) is 4. The van der Waals surface area contributed by atoms with Crippen molar-refractivity contribution in [2.24, 2.45) is 5.10 Å². The molecule has 0 heterocycles. The zero-order valence-electron chi connectivity index (χ0n) is 11.9. The molecule has 0 spiro atoms. The maximum Gasteiger partial charge on any atom is 0.276 e. The van der Waals surface area contributed by atoms with Crippen LogP contribution in [0.4, 0.5) is 0 Å². The lowest BCUT2D eigenvalue weighted by Crippen LogP contribution is -2.18. The molecule has 5 nitrogen and oxygen atoms in total. The van der Waals surface area contributed by atoms with Crippen molar-refractivity contribution < 1.29 is 13.2 Å². The molecule has 7 heteroatoms. The minimum Gasteiger partial charge on any atom is -0.493 e. The van der Waals surface area contributed by atoms with Crippen LogP contribution in [0.3, 0.4) is 0 Å². The summed E-state index contributed by atoms with van der Waals surface area (Å²) in [6, 6.07) is 13.1. The Hall–Kier alpha value is -2.05. The highest BCUT2D eigenvalue weighted by Crippen LogP contribution is 2.16. The van der Waals surface area contributed by atoms with Crippen molar-refractivity contribution in [1.29, 1.82) is 0 Å². The van der Waals surface area contributed by atoms with E-state index < -0.39 is 10.0 Å². The van der Waals surface area contributed by atoms with Crippen LogP contribution in [0.25, 0.3) is 0 Å². The smallest absolute Gasteiger partial charge is 0.276 e. The van der Waals surface area contributed by atoms with Crippen LogP contribution in [0.15, 0.2) is 58.5 Å². The lowest BCUT2D eigenvalue weighted by Gasteiger charge is -2.06. The molecular formula is C15H15ClN2O3S. The second-order valence-corrected chi connectivity index (χ2v) is 6.37. The average Bonchev–Trinajstić information content (AvgIpc) is 2.49. The molecule has 116 valence electrons. The van der Waals surface area contributed by atoms with Gasteiger partial charge in [0.2, 0.25) is 0 Å². The summed E-state index contributed by atoms with van der Waals surface area (Å²) >= 11 is 5.73. The summed E-state index contributed by atoms with van der Waals surface area (Å²) in [5.74, 6) is 0.638. The van der Waals surface area contributed by atoms with Gasteiger partial charge >= 0.3 is 0 Å². The second kappa shape index (κ2) is 7.29. The van der Waals surface area contributed by atoms with Crippen molar-refractivity contribution in [3.8, 4) is 5.75 Å². The first-order valence-corrected chi connectivity index (χ1v) is 8.41. The predicted octanol–water partition coefficient (Wildman–Crippen LogP) is 3.05. The van der Waals surface area contributed by atoms with E-state index in [1.54, 1.807) is 12.1 Å². The van der Waals surface area contributed by atoms with Crippen molar-refractivity contribution in [2.45, 2.75) is 11.8 Å². The summed E-state index contributed by atoms with van der Waals surface area (Å²) < 4.78 is 29.5. The number of hydrogen-bond donors (Lipinski definition) is 1. The third kappa shape index (κ3) is 4.22. The van der Waals surface area contributed by atoms with Gasteiger partial charge in [-0.15, -0.1) is 0 Å². The normalized spacial score (nSPS) is 11.5. The number of benzene rings is 2. The van der Waals surface area contributed by atoms with E-state index in [0.717, 1.165) is 0 Å². The Bertz CT molecular complexity index is 759. The number of ether oxygens (including phenoxy) is 1. The first kappa shape index (κ1) is 16.3. The molecule has 0 aliphatic carbocycles. The predicted molar refractivity (Wildman–Crippen MR) is 87.0 cm³/mol. The van der Waals surface area contributed by atoms with E-state index in [0.29, 0.717) is 22.9 Å². The van der Waals surface area contributed by atoms with E-state index in [1.807, 2.05) is 19.1 Å². The van der Waals surface area contributed by atoms with Crippen molar-refractivity contribution in [1.82, 2.24) is 4.83 Å². The van der Waals surface area contributed by atoms with Gasteiger partial charge in [-0.25, -0.2) is 4.83 Å². The number of hydrazone groups is 1. The van der Waals surface area contributed by atoms with Crippen molar-refractivity contribution in [2.75, 3.05) is 6.61 Å². The summed E-state index contributed by atoms with van der Waals surface area (Å²) in [5, 5.41) is 4.24. The molecule has 0 atom stereocenters. The molecule has 1 N–H and O–H groups in total. The molecule has 0 unspecified atom stereocenters. The fourth-order valence-electron chi connectivity index (χ4n) is 1.71. The van der Waals surface area contributed by atoms with E-state index in [9.17, 15) is 8.42 Å². The minimum atomic E-state index is -3.72. The fourth-order valence-corrected chi connectivity index (χ4v) is 2.62. The van der Waals surface area contributed by atoms with Gasteiger partial charge in [0.15, 0.2) is 0 Å². The van der Waals surface area contributed by atoms with Crippen LogP contribution in [0, 0.1) is 0 Å². The summed E-state index contributed by atoms with van der Waals surface area (Å²) in [6.45, 7) is 2.39. The summed E-state index contributed by atoms with van der Waals surface area (Å²) in [5.41, 5.74) is 0.683. The maximum absolute atomic E-state index is 12.0. The Morgan fingerprint density at radius 1 is 1.18 bits per heavy atom. The standard InChI is InChI=1S/C15H15ClN2O3S/c1-2-21-15-6-4-3-5-12(15)11-17-18-22(19,20)14-9-7-13(16)8-10-14/h3-11,18H,2H2,1H3/b17-11-. The van der Waals surface area contributed by atoms with Crippen molar-refractivity contribution in [3.63, 3.8) is 0 Å². The van der Waals surface area contributed by atoms with Gasteiger partial charge in [-0.3, -0.25) is 0 Å². The van der Waals surface area contributed by atoms with Gasteiger partial charge in [-0.05, 0) is 43.3 Å². The first-order valence-electron chi connectivity index (χ1n) is 6.55. The highest BCUT2D eigenvalue weighted by Gasteiger charge is 2.12. The molecule has 0 radical (unpaired) electrons. The summed E-state index contributed by atoms with van der Waals surface area (Å²) in [4.78, 5) is 2.25. The van der Waals surface area contributed by atoms with Crippen LogP contribution in [0.5, 0.6) is 5.75 Å². The van der Waals surface area contributed by atoms with Crippen LogP contribution in [-0.2, 0) is 10.0 Å². The van der Waals surface area contributed by atoms with Crippen LogP contribution < -0.4 is 9.57 Å². The van der Waals surface area contributed by atoms with E-state index in [2.05, 4.69) is 9.93 Å². The number of para-hydroxylation sites is 1. The Kier molecular flexibility index (Phi) is 5.41. The Morgan fingerprint density at radius 2 is 1.86 bits per heavy atom. The zero-order valence-corrected chi connectivity index (χ0v) is 13.4. The van der Waals surface area contributed by atoms with Crippen LogP contribution in [-0.4, -0.2) is 21.2 Å². The molecule has 2 rings (SSSR count). The maximum atomic E-state index is 12.0. The average molecular weight is 339 g/mol. The number of nitrogens with one attached hydrogen (secondary N) is 1. The molecule has 0 saturated carbocycles. The van der Waals surface area contributed by atoms with Crippen molar-refractivity contribution >= 4 is 27.8 Å². The molecule has 0 saturated heterocycles. The van der Waals surface area contributed by atoms with Crippen LogP contribution >= 0.6 is 11.6 Å². The molecule has 0 bridgehead atoms. The van der Waals surface area contributed by atoms with Crippen LogP contribution in [0.1, 0.15) is 12.5 Å². The Morgan fingerprint density at radius 3 is 2.55 bits per heavy atom. The zero-order chi connectivity index (χ0) is 16.0. The number of sulfonamides is 1. The largest absolute Gasteiger partial charge is 0.493 e. The second-order valence-electron chi connectivity index (χ2n) is 4.28.